The molecule has 0 atom stereocenters. The number of thioether (sulfide) groups is 1. The number of hydrogen-bond acceptors (Lipinski definition) is 3. The molecule has 0 bridgehead atoms. The molecule has 0 unspecified atom stereocenters. The zero-order valence-electron chi connectivity index (χ0n) is 12.8. The van der Waals surface area contributed by atoms with Crippen LogP contribution in [0.3, 0.4) is 0 Å². The Bertz CT molecular complexity index is 686. The highest BCUT2D eigenvalue weighted by Gasteiger charge is 2.15. The predicted octanol–water partition coefficient (Wildman–Crippen LogP) is 4.25. The summed E-state index contributed by atoms with van der Waals surface area (Å²) in [4.78, 5) is 15.0. The zero-order chi connectivity index (χ0) is 16.1. The standard InChI is InChI=1S/C18H19BrN2OS/c19-16-7-3-2-6-15(16)18(22)20-17-8-4-1-5-14(17)13-21-9-11-23-12-10-21/h1-8H,9-13H2,(H,20,22). The molecule has 0 spiro atoms. The van der Waals surface area contributed by atoms with E-state index in [-0.39, 0.29) is 5.91 Å². The number of para-hydroxylation sites is 1. The molecule has 23 heavy (non-hydrogen) atoms. The van der Waals surface area contributed by atoms with Crippen molar-refractivity contribution in [3.8, 4) is 0 Å². The van der Waals surface area contributed by atoms with E-state index < -0.39 is 0 Å². The first-order valence-electron chi connectivity index (χ1n) is 7.68. The van der Waals surface area contributed by atoms with Crippen LogP contribution >= 0.6 is 27.7 Å². The second kappa shape index (κ2) is 7.99. The quantitative estimate of drug-likeness (QED) is 0.846. The lowest BCUT2D eigenvalue weighted by molar-refractivity contribution is 0.102. The summed E-state index contributed by atoms with van der Waals surface area (Å²) in [6.45, 7) is 3.10. The molecule has 1 amide bonds. The van der Waals surface area contributed by atoms with Gasteiger partial charge in [-0.15, -0.1) is 0 Å². The van der Waals surface area contributed by atoms with Crippen molar-refractivity contribution in [1.29, 1.82) is 0 Å². The van der Waals surface area contributed by atoms with Crippen LogP contribution in [0.15, 0.2) is 53.0 Å². The summed E-state index contributed by atoms with van der Waals surface area (Å²) >= 11 is 5.44. The Morgan fingerprint density at radius 2 is 1.78 bits per heavy atom. The lowest BCUT2D eigenvalue weighted by atomic mass is 10.1. The van der Waals surface area contributed by atoms with E-state index in [1.54, 1.807) is 0 Å². The van der Waals surface area contributed by atoms with Gasteiger partial charge in [0.15, 0.2) is 0 Å². The number of hydrogen-bond donors (Lipinski definition) is 1. The van der Waals surface area contributed by atoms with Crippen molar-refractivity contribution in [3.05, 3.63) is 64.1 Å². The molecule has 2 aromatic rings. The van der Waals surface area contributed by atoms with Gasteiger partial charge in [-0.25, -0.2) is 0 Å². The van der Waals surface area contributed by atoms with Crippen molar-refractivity contribution in [1.82, 2.24) is 4.90 Å². The van der Waals surface area contributed by atoms with Crippen molar-refractivity contribution in [2.45, 2.75) is 6.54 Å². The summed E-state index contributed by atoms with van der Waals surface area (Å²) in [7, 11) is 0. The van der Waals surface area contributed by atoms with Gasteiger partial charge in [0.2, 0.25) is 0 Å². The van der Waals surface area contributed by atoms with Gasteiger partial charge in [-0.3, -0.25) is 9.69 Å². The first kappa shape index (κ1) is 16.6. The van der Waals surface area contributed by atoms with Crippen molar-refractivity contribution < 1.29 is 4.79 Å². The average Bonchev–Trinajstić information content (AvgIpc) is 2.58. The third kappa shape index (κ3) is 4.37. The lowest BCUT2D eigenvalue weighted by Gasteiger charge is -2.27. The van der Waals surface area contributed by atoms with E-state index in [0.717, 1.165) is 29.8 Å². The molecule has 3 nitrogen and oxygen atoms in total. The number of halogens is 1. The molecule has 0 aromatic heterocycles. The Kier molecular flexibility index (Phi) is 5.75. The maximum Gasteiger partial charge on any atom is 0.256 e. The van der Waals surface area contributed by atoms with Crippen molar-refractivity contribution in [2.75, 3.05) is 29.9 Å². The number of benzene rings is 2. The molecule has 120 valence electrons. The Hall–Kier alpha value is -1.30. The number of carbonyl (C=O) groups is 1. The number of nitrogens with zero attached hydrogens (tertiary/aromatic N) is 1. The fourth-order valence-electron chi connectivity index (χ4n) is 2.62. The fraction of sp³-hybridized carbons (Fsp3) is 0.278. The Morgan fingerprint density at radius 1 is 1.09 bits per heavy atom. The average molecular weight is 391 g/mol. The maximum absolute atomic E-state index is 12.5. The maximum atomic E-state index is 12.5. The summed E-state index contributed by atoms with van der Waals surface area (Å²) in [5, 5.41) is 3.06. The third-order valence-electron chi connectivity index (χ3n) is 3.88. The van der Waals surface area contributed by atoms with Gasteiger partial charge in [-0.1, -0.05) is 30.3 Å². The van der Waals surface area contributed by atoms with Gasteiger partial charge < -0.3 is 5.32 Å². The van der Waals surface area contributed by atoms with E-state index >= 15 is 0 Å². The van der Waals surface area contributed by atoms with Crippen molar-refractivity contribution in [2.24, 2.45) is 0 Å². The minimum Gasteiger partial charge on any atom is -0.322 e. The van der Waals surface area contributed by atoms with Crippen LogP contribution in [0.1, 0.15) is 15.9 Å². The molecule has 0 radical (unpaired) electrons. The zero-order valence-corrected chi connectivity index (χ0v) is 15.2. The Labute approximate surface area is 149 Å². The van der Waals surface area contributed by atoms with E-state index in [1.165, 1.54) is 17.1 Å². The molecule has 1 aliphatic rings. The van der Waals surface area contributed by atoms with Crippen LogP contribution in [0.4, 0.5) is 5.69 Å². The van der Waals surface area contributed by atoms with E-state index in [2.05, 4.69) is 32.2 Å². The predicted molar refractivity (Wildman–Crippen MR) is 101 cm³/mol. The number of carbonyl (C=O) groups excluding carboxylic acids is 1. The van der Waals surface area contributed by atoms with Gasteiger partial charge in [-0.05, 0) is 39.7 Å². The molecule has 1 aliphatic heterocycles. The van der Waals surface area contributed by atoms with Crippen LogP contribution in [0.25, 0.3) is 0 Å². The largest absolute Gasteiger partial charge is 0.322 e. The van der Waals surface area contributed by atoms with E-state index in [4.69, 9.17) is 0 Å². The van der Waals surface area contributed by atoms with E-state index in [1.807, 2.05) is 54.2 Å². The molecule has 0 saturated carbocycles. The van der Waals surface area contributed by atoms with E-state index in [9.17, 15) is 4.79 Å². The SMILES string of the molecule is O=C(Nc1ccccc1CN1CCSCC1)c1ccccc1Br. The van der Waals surface area contributed by atoms with Gasteiger partial charge in [0.05, 0.1) is 5.56 Å². The van der Waals surface area contributed by atoms with Crippen molar-refractivity contribution in [3.63, 3.8) is 0 Å². The summed E-state index contributed by atoms with van der Waals surface area (Å²) in [6.07, 6.45) is 0. The molecule has 1 N–H and O–H groups in total. The fourth-order valence-corrected chi connectivity index (χ4v) is 4.06. The van der Waals surface area contributed by atoms with Crippen LogP contribution in [-0.4, -0.2) is 35.4 Å². The van der Waals surface area contributed by atoms with Gasteiger partial charge in [-0.2, -0.15) is 11.8 Å². The van der Waals surface area contributed by atoms with Crippen LogP contribution in [-0.2, 0) is 6.54 Å². The second-order valence-corrected chi connectivity index (χ2v) is 7.56. The first-order valence-corrected chi connectivity index (χ1v) is 9.63. The monoisotopic (exact) mass is 390 g/mol. The molecule has 0 aliphatic carbocycles. The minimum atomic E-state index is -0.0841. The molecular formula is C18H19BrN2OS. The summed E-state index contributed by atoms with van der Waals surface area (Å²) in [5.74, 6) is 2.29. The van der Waals surface area contributed by atoms with Crippen LogP contribution in [0, 0.1) is 0 Å². The summed E-state index contributed by atoms with van der Waals surface area (Å²) in [6, 6.07) is 15.5. The van der Waals surface area contributed by atoms with Crippen LogP contribution in [0.2, 0.25) is 0 Å². The summed E-state index contributed by atoms with van der Waals surface area (Å²) < 4.78 is 0.808. The lowest BCUT2D eigenvalue weighted by Crippen LogP contribution is -2.32. The van der Waals surface area contributed by atoms with Gasteiger partial charge in [0.1, 0.15) is 0 Å². The molecule has 5 heteroatoms. The van der Waals surface area contributed by atoms with E-state index in [0.29, 0.717) is 5.56 Å². The van der Waals surface area contributed by atoms with Gasteiger partial charge in [0.25, 0.3) is 5.91 Å². The van der Waals surface area contributed by atoms with Crippen LogP contribution in [0.5, 0.6) is 0 Å². The summed E-state index contributed by atoms with van der Waals surface area (Å²) in [5.41, 5.74) is 2.71. The van der Waals surface area contributed by atoms with Crippen LogP contribution < -0.4 is 5.32 Å². The molecular weight excluding hydrogens is 372 g/mol. The normalized spacial score (nSPS) is 15.3. The molecule has 3 rings (SSSR count). The third-order valence-corrected chi connectivity index (χ3v) is 5.52. The van der Waals surface area contributed by atoms with Crippen molar-refractivity contribution >= 4 is 39.3 Å². The molecule has 1 heterocycles. The molecule has 1 saturated heterocycles. The number of rotatable bonds is 4. The molecule has 1 fully saturated rings. The highest BCUT2D eigenvalue weighted by molar-refractivity contribution is 9.10. The number of anilines is 1. The highest BCUT2D eigenvalue weighted by atomic mass is 79.9. The topological polar surface area (TPSA) is 32.3 Å². The minimum absolute atomic E-state index is 0.0841. The number of nitrogens with one attached hydrogen (secondary N) is 1. The Balaban J connectivity index is 1.75. The number of amides is 1. The smallest absolute Gasteiger partial charge is 0.256 e. The first-order chi connectivity index (χ1) is 11.2. The van der Waals surface area contributed by atoms with Gasteiger partial charge in [0, 0.05) is 41.3 Å². The molecule has 2 aromatic carbocycles. The Morgan fingerprint density at radius 3 is 2.57 bits per heavy atom. The highest BCUT2D eigenvalue weighted by Crippen LogP contribution is 2.22. The van der Waals surface area contributed by atoms with Gasteiger partial charge >= 0.3 is 0 Å². The second-order valence-electron chi connectivity index (χ2n) is 5.48.